The van der Waals surface area contributed by atoms with Crippen LogP contribution in [0.25, 0.3) is 0 Å². The minimum Gasteiger partial charge on any atom is -0.504 e. The predicted molar refractivity (Wildman–Crippen MR) is 115 cm³/mol. The molecule has 158 valence electrons. The van der Waals surface area contributed by atoms with E-state index in [0.29, 0.717) is 40.7 Å². The highest BCUT2D eigenvalue weighted by Gasteiger charge is 2.40. The first kappa shape index (κ1) is 20.2. The summed E-state index contributed by atoms with van der Waals surface area (Å²) in [4.78, 5) is 15.3. The van der Waals surface area contributed by atoms with Crippen molar-refractivity contribution in [2.75, 3.05) is 11.9 Å². The highest BCUT2D eigenvalue weighted by atomic mass is 32.1. The zero-order valence-electron chi connectivity index (χ0n) is 17.1. The number of nitrogens with one attached hydrogen (secondary N) is 2. The lowest BCUT2D eigenvalue weighted by Crippen LogP contribution is -2.49. The van der Waals surface area contributed by atoms with Gasteiger partial charge in [-0.3, -0.25) is 4.79 Å². The number of carbonyl (C=O) groups excluding carboxylic acids is 1. The summed E-state index contributed by atoms with van der Waals surface area (Å²) >= 11 is 5.62. The number of ether oxygens (including phenoxy) is 1. The van der Waals surface area contributed by atoms with Gasteiger partial charge in [0, 0.05) is 17.8 Å². The van der Waals surface area contributed by atoms with E-state index in [9.17, 15) is 9.90 Å². The van der Waals surface area contributed by atoms with Gasteiger partial charge in [-0.2, -0.15) is 0 Å². The number of carbonyl (C=O) groups is 1. The number of nitrogens with zero attached hydrogens (tertiary/aromatic N) is 2. The standard InChI is InChI=1S/C21H24N4O4S/c1-4-28-16-10-13(5-8-15(16)26)19-18(20(27)22-17-9-11(2)29-24-17)12(3)25(14-6-7-14)21(30)23-19/h5,8-10,14,19,26H,4,6-7H2,1-3H3,(H,23,30)(H,22,24,27). The summed E-state index contributed by atoms with van der Waals surface area (Å²) in [5, 5.41) is 20.6. The number of hydrogen-bond acceptors (Lipinski definition) is 6. The van der Waals surface area contributed by atoms with E-state index in [1.165, 1.54) is 0 Å². The molecule has 2 aromatic rings. The summed E-state index contributed by atoms with van der Waals surface area (Å²) in [6.45, 7) is 5.93. The lowest BCUT2D eigenvalue weighted by molar-refractivity contribution is -0.113. The van der Waals surface area contributed by atoms with E-state index in [1.54, 1.807) is 31.2 Å². The molecule has 1 atom stereocenters. The van der Waals surface area contributed by atoms with Gasteiger partial charge in [0.25, 0.3) is 5.91 Å². The van der Waals surface area contributed by atoms with Gasteiger partial charge in [0.05, 0.1) is 18.2 Å². The number of phenols is 1. The first-order chi connectivity index (χ1) is 14.4. The van der Waals surface area contributed by atoms with Gasteiger partial charge >= 0.3 is 0 Å². The van der Waals surface area contributed by atoms with Crippen LogP contribution in [0.15, 0.2) is 40.1 Å². The van der Waals surface area contributed by atoms with Crippen LogP contribution >= 0.6 is 12.2 Å². The molecule has 1 unspecified atom stereocenters. The van der Waals surface area contributed by atoms with Crippen LogP contribution in [0, 0.1) is 6.92 Å². The third-order valence-corrected chi connectivity index (χ3v) is 5.48. The zero-order valence-corrected chi connectivity index (χ0v) is 17.9. The van der Waals surface area contributed by atoms with Crippen molar-refractivity contribution in [1.82, 2.24) is 15.4 Å². The number of aryl methyl sites for hydroxylation is 1. The van der Waals surface area contributed by atoms with Gasteiger partial charge in [-0.1, -0.05) is 11.2 Å². The first-order valence-electron chi connectivity index (χ1n) is 9.90. The molecule has 8 nitrogen and oxygen atoms in total. The van der Waals surface area contributed by atoms with Crippen molar-refractivity contribution in [1.29, 1.82) is 0 Å². The molecule has 0 spiro atoms. The second-order valence-corrected chi connectivity index (χ2v) is 7.81. The van der Waals surface area contributed by atoms with Crippen molar-refractivity contribution in [3.05, 3.63) is 46.9 Å². The smallest absolute Gasteiger partial charge is 0.257 e. The minimum absolute atomic E-state index is 0.0448. The lowest BCUT2D eigenvalue weighted by Gasteiger charge is -2.38. The maximum atomic E-state index is 13.3. The van der Waals surface area contributed by atoms with Gasteiger partial charge in [-0.05, 0) is 63.5 Å². The molecule has 0 saturated heterocycles. The fourth-order valence-corrected chi connectivity index (χ4v) is 4.07. The van der Waals surface area contributed by atoms with E-state index in [1.807, 2.05) is 18.7 Å². The van der Waals surface area contributed by atoms with Crippen LogP contribution in [-0.2, 0) is 4.79 Å². The van der Waals surface area contributed by atoms with Crippen LogP contribution in [0.1, 0.15) is 44.1 Å². The van der Waals surface area contributed by atoms with Crippen LogP contribution < -0.4 is 15.4 Å². The van der Waals surface area contributed by atoms with E-state index in [-0.39, 0.29) is 11.7 Å². The van der Waals surface area contributed by atoms with Crippen LogP contribution in [0.5, 0.6) is 11.5 Å². The van der Waals surface area contributed by atoms with Gasteiger partial charge < -0.3 is 29.9 Å². The molecule has 30 heavy (non-hydrogen) atoms. The number of thiocarbonyl (C=S) groups is 1. The van der Waals surface area contributed by atoms with Crippen LogP contribution in [-0.4, -0.2) is 38.8 Å². The molecule has 3 N–H and O–H groups in total. The number of anilines is 1. The van der Waals surface area contributed by atoms with Crippen LogP contribution in [0.2, 0.25) is 0 Å². The number of aromatic nitrogens is 1. The van der Waals surface area contributed by atoms with Crippen molar-refractivity contribution in [2.45, 2.75) is 45.7 Å². The van der Waals surface area contributed by atoms with Crippen molar-refractivity contribution < 1.29 is 19.2 Å². The average molecular weight is 429 g/mol. The molecular formula is C21H24N4O4S. The Bertz CT molecular complexity index is 1030. The number of amides is 1. The molecule has 1 saturated carbocycles. The molecule has 1 amide bonds. The Kier molecular flexibility index (Phi) is 5.38. The molecule has 1 aromatic heterocycles. The average Bonchev–Trinajstić information content (AvgIpc) is 3.44. The topological polar surface area (TPSA) is 99.9 Å². The molecule has 4 rings (SSSR count). The third kappa shape index (κ3) is 3.85. The van der Waals surface area contributed by atoms with Crippen LogP contribution in [0.3, 0.4) is 0 Å². The first-order valence-corrected chi connectivity index (χ1v) is 10.3. The zero-order chi connectivity index (χ0) is 21.4. The summed E-state index contributed by atoms with van der Waals surface area (Å²) in [6.07, 6.45) is 2.07. The Hall–Kier alpha value is -3.07. The molecule has 1 aliphatic heterocycles. The Labute approximate surface area is 179 Å². The van der Waals surface area contributed by atoms with E-state index in [4.69, 9.17) is 21.5 Å². The van der Waals surface area contributed by atoms with Gasteiger partial charge in [-0.25, -0.2) is 0 Å². The summed E-state index contributed by atoms with van der Waals surface area (Å²) in [6, 6.07) is 6.51. The van der Waals surface area contributed by atoms with E-state index >= 15 is 0 Å². The summed E-state index contributed by atoms with van der Waals surface area (Å²) < 4.78 is 10.6. The van der Waals surface area contributed by atoms with Crippen molar-refractivity contribution in [3.8, 4) is 11.5 Å². The highest BCUT2D eigenvalue weighted by molar-refractivity contribution is 7.80. The fraction of sp³-hybridized carbons (Fsp3) is 0.381. The maximum Gasteiger partial charge on any atom is 0.257 e. The third-order valence-electron chi connectivity index (χ3n) is 5.17. The van der Waals surface area contributed by atoms with E-state index < -0.39 is 6.04 Å². The Morgan fingerprint density at radius 3 is 2.80 bits per heavy atom. The van der Waals surface area contributed by atoms with Crippen molar-refractivity contribution in [2.24, 2.45) is 0 Å². The number of phenolic OH excluding ortho intramolecular Hbond substituents is 1. The molecule has 1 fully saturated rings. The number of aromatic hydroxyl groups is 1. The summed E-state index contributed by atoms with van der Waals surface area (Å²) in [5.41, 5.74) is 2.09. The molecular weight excluding hydrogens is 404 g/mol. The van der Waals surface area contributed by atoms with E-state index in [2.05, 4.69) is 15.8 Å². The molecule has 0 radical (unpaired) electrons. The Morgan fingerprint density at radius 2 is 2.17 bits per heavy atom. The summed E-state index contributed by atoms with van der Waals surface area (Å²) in [7, 11) is 0. The number of hydrogen-bond donors (Lipinski definition) is 3. The molecule has 9 heteroatoms. The number of rotatable bonds is 6. The fourth-order valence-electron chi connectivity index (χ4n) is 3.66. The van der Waals surface area contributed by atoms with Gasteiger partial charge in [0.2, 0.25) is 0 Å². The molecule has 0 bridgehead atoms. The monoisotopic (exact) mass is 428 g/mol. The van der Waals surface area contributed by atoms with Crippen molar-refractivity contribution in [3.63, 3.8) is 0 Å². The second kappa shape index (κ2) is 7.98. The molecule has 2 heterocycles. The molecule has 2 aliphatic rings. The highest BCUT2D eigenvalue weighted by Crippen LogP contribution is 2.39. The minimum atomic E-state index is -0.500. The predicted octanol–water partition coefficient (Wildman–Crippen LogP) is 3.39. The Morgan fingerprint density at radius 1 is 1.40 bits per heavy atom. The lowest BCUT2D eigenvalue weighted by atomic mass is 9.94. The Balaban J connectivity index is 1.74. The normalized spacial score (nSPS) is 19.0. The van der Waals surface area contributed by atoms with Gasteiger partial charge in [-0.15, -0.1) is 0 Å². The van der Waals surface area contributed by atoms with Crippen molar-refractivity contribution >= 4 is 29.1 Å². The number of benzene rings is 1. The second-order valence-electron chi connectivity index (χ2n) is 7.42. The quantitative estimate of drug-likeness (QED) is 0.602. The number of allylic oxidation sites excluding steroid dienone is 1. The molecule has 1 aliphatic carbocycles. The largest absolute Gasteiger partial charge is 0.504 e. The maximum absolute atomic E-state index is 13.3. The SMILES string of the molecule is CCOc1cc(C2NC(=S)N(C3CC3)C(C)=C2C(=O)Nc2cc(C)on2)ccc1O. The van der Waals surface area contributed by atoms with Crippen LogP contribution in [0.4, 0.5) is 5.82 Å². The summed E-state index contributed by atoms with van der Waals surface area (Å²) in [5.74, 6) is 1.07. The molecule has 1 aromatic carbocycles. The van der Waals surface area contributed by atoms with Gasteiger partial charge in [0.15, 0.2) is 22.4 Å². The van der Waals surface area contributed by atoms with Gasteiger partial charge in [0.1, 0.15) is 5.76 Å². The van der Waals surface area contributed by atoms with E-state index in [0.717, 1.165) is 24.1 Å².